The van der Waals surface area contributed by atoms with Gasteiger partial charge in [-0.1, -0.05) is 25.1 Å². The summed E-state index contributed by atoms with van der Waals surface area (Å²) in [6, 6.07) is 6.86. The lowest BCUT2D eigenvalue weighted by Crippen LogP contribution is -2.62. The molecule has 0 spiro atoms. The molecule has 1 N–H and O–H groups in total. The van der Waals surface area contributed by atoms with E-state index in [-0.39, 0.29) is 23.1 Å². The summed E-state index contributed by atoms with van der Waals surface area (Å²) in [6.07, 6.45) is -3.85. The average Bonchev–Trinajstić information content (AvgIpc) is 2.88. The maximum absolute atomic E-state index is 13.7. The second kappa shape index (κ2) is 6.57. The summed E-state index contributed by atoms with van der Waals surface area (Å²) in [4.78, 5) is 12.5. The number of fused-ring (bicyclic) bond motifs is 1. The molecule has 8 heteroatoms. The zero-order chi connectivity index (χ0) is 19.1. The van der Waals surface area contributed by atoms with Gasteiger partial charge >= 0.3 is 6.18 Å². The Kier molecular flexibility index (Phi) is 4.72. The Hall–Kier alpha value is -2.09. The number of rotatable bonds is 3. The molecule has 0 bridgehead atoms. The number of hydrogen-bond donors (Lipinski definition) is 1. The van der Waals surface area contributed by atoms with E-state index in [0.29, 0.717) is 18.6 Å². The molecule has 1 aliphatic carbocycles. The van der Waals surface area contributed by atoms with Crippen LogP contribution in [0.2, 0.25) is 0 Å². The van der Waals surface area contributed by atoms with Crippen molar-refractivity contribution in [3.63, 3.8) is 0 Å². The van der Waals surface area contributed by atoms with E-state index < -0.39 is 30.3 Å². The molecule has 1 aromatic rings. The van der Waals surface area contributed by atoms with E-state index in [1.165, 1.54) is 0 Å². The van der Waals surface area contributed by atoms with E-state index in [1.54, 1.807) is 31.2 Å². The number of benzene rings is 1. The molecule has 1 aromatic carbocycles. The quantitative estimate of drug-likeness (QED) is 0.888. The Bertz CT molecular complexity index is 735. The molecule has 0 aromatic heterocycles. The second-order valence-electron chi connectivity index (χ2n) is 7.01. The molecule has 3 atom stereocenters. The van der Waals surface area contributed by atoms with Crippen LogP contribution in [0.15, 0.2) is 29.4 Å². The average molecular weight is 370 g/mol. The highest BCUT2D eigenvalue weighted by Gasteiger charge is 2.68. The first kappa shape index (κ1) is 18.7. The summed E-state index contributed by atoms with van der Waals surface area (Å²) in [5, 5.41) is 14.6. The van der Waals surface area contributed by atoms with Gasteiger partial charge in [0.15, 0.2) is 6.61 Å². The van der Waals surface area contributed by atoms with E-state index in [2.05, 4.69) is 5.10 Å². The Balaban J connectivity index is 1.83. The van der Waals surface area contributed by atoms with Crippen molar-refractivity contribution >= 4 is 11.6 Å². The fraction of sp³-hybridized carbons (Fsp3) is 0.556. The van der Waals surface area contributed by atoms with Crippen molar-refractivity contribution in [2.24, 2.45) is 16.9 Å². The fourth-order valence-electron chi connectivity index (χ4n) is 3.58. The highest BCUT2D eigenvalue weighted by Crippen LogP contribution is 2.49. The molecule has 0 radical (unpaired) electrons. The van der Waals surface area contributed by atoms with Crippen LogP contribution >= 0.6 is 0 Å². The number of amides is 1. The number of aliphatic hydroxyl groups is 1. The minimum atomic E-state index is -5.02. The second-order valence-corrected chi connectivity index (χ2v) is 7.01. The van der Waals surface area contributed by atoms with Gasteiger partial charge in [-0.05, 0) is 43.7 Å². The minimum absolute atomic E-state index is 0.0195. The van der Waals surface area contributed by atoms with E-state index in [0.717, 1.165) is 5.56 Å². The smallest absolute Gasteiger partial charge is 0.439 e. The lowest BCUT2D eigenvalue weighted by atomic mass is 9.76. The lowest BCUT2D eigenvalue weighted by molar-refractivity contribution is -0.318. The third-order valence-electron chi connectivity index (χ3n) is 5.07. The monoisotopic (exact) mass is 370 g/mol. The molecule has 1 aliphatic heterocycles. The van der Waals surface area contributed by atoms with Crippen molar-refractivity contribution in [1.29, 1.82) is 0 Å². The van der Waals surface area contributed by atoms with Crippen LogP contribution < -0.4 is 4.74 Å². The number of para-hydroxylation sites is 1. The van der Waals surface area contributed by atoms with E-state index in [4.69, 9.17) is 4.74 Å². The number of hydrazone groups is 1. The van der Waals surface area contributed by atoms with Gasteiger partial charge in [0.05, 0.1) is 5.92 Å². The minimum Gasteiger partial charge on any atom is -0.483 e. The molecular weight excluding hydrogens is 349 g/mol. The third-order valence-corrected chi connectivity index (χ3v) is 5.07. The Morgan fingerprint density at radius 3 is 2.77 bits per heavy atom. The largest absolute Gasteiger partial charge is 0.483 e. The van der Waals surface area contributed by atoms with Gasteiger partial charge in [0.2, 0.25) is 0 Å². The molecule has 2 aliphatic rings. The maximum Gasteiger partial charge on any atom is 0.439 e. The first-order chi connectivity index (χ1) is 12.1. The van der Waals surface area contributed by atoms with Gasteiger partial charge < -0.3 is 9.84 Å². The maximum atomic E-state index is 13.7. The van der Waals surface area contributed by atoms with Gasteiger partial charge in [-0.2, -0.15) is 23.3 Å². The van der Waals surface area contributed by atoms with Gasteiger partial charge in [0.1, 0.15) is 5.75 Å². The number of alkyl halides is 3. The molecule has 1 amide bonds. The lowest BCUT2D eigenvalue weighted by Gasteiger charge is -2.39. The number of halogens is 3. The number of nitrogens with zero attached hydrogens (tertiary/aromatic N) is 2. The Morgan fingerprint density at radius 1 is 1.42 bits per heavy atom. The van der Waals surface area contributed by atoms with E-state index >= 15 is 0 Å². The normalized spacial score (nSPS) is 28.5. The van der Waals surface area contributed by atoms with Crippen LogP contribution in [0.4, 0.5) is 13.2 Å². The van der Waals surface area contributed by atoms with Gasteiger partial charge in [-0.25, -0.2) is 0 Å². The first-order valence-electron chi connectivity index (χ1n) is 8.52. The van der Waals surface area contributed by atoms with Gasteiger partial charge in [0.25, 0.3) is 11.6 Å². The predicted molar refractivity (Wildman–Crippen MR) is 88.5 cm³/mol. The van der Waals surface area contributed by atoms with Crippen molar-refractivity contribution in [2.75, 3.05) is 6.61 Å². The summed E-state index contributed by atoms with van der Waals surface area (Å²) in [5.41, 5.74) is -2.34. The van der Waals surface area contributed by atoms with Crippen molar-refractivity contribution in [3.8, 4) is 5.75 Å². The summed E-state index contributed by atoms with van der Waals surface area (Å²) >= 11 is 0. The highest BCUT2D eigenvalue weighted by atomic mass is 19.4. The molecule has 1 saturated carbocycles. The zero-order valence-corrected chi connectivity index (χ0v) is 14.6. The van der Waals surface area contributed by atoms with Gasteiger partial charge in [0, 0.05) is 5.71 Å². The van der Waals surface area contributed by atoms with Crippen molar-refractivity contribution in [1.82, 2.24) is 5.01 Å². The summed E-state index contributed by atoms with van der Waals surface area (Å²) in [6.45, 7) is 2.96. The number of aryl methyl sites for hydroxylation is 1. The van der Waals surface area contributed by atoms with Crippen LogP contribution in [0.3, 0.4) is 0 Å². The van der Waals surface area contributed by atoms with Crippen LogP contribution in [0.1, 0.15) is 31.7 Å². The molecular formula is C18H21F3N2O3. The predicted octanol–water partition coefficient (Wildman–Crippen LogP) is 3.26. The van der Waals surface area contributed by atoms with Crippen LogP contribution in [-0.4, -0.2) is 40.2 Å². The number of carbonyl (C=O) groups excluding carboxylic acids is 1. The summed E-state index contributed by atoms with van der Waals surface area (Å²) in [5.74, 6) is -1.84. The Morgan fingerprint density at radius 2 is 2.12 bits per heavy atom. The van der Waals surface area contributed by atoms with E-state index in [1.807, 2.05) is 6.92 Å². The van der Waals surface area contributed by atoms with Crippen LogP contribution in [0.5, 0.6) is 5.75 Å². The van der Waals surface area contributed by atoms with Crippen molar-refractivity contribution in [3.05, 3.63) is 29.8 Å². The van der Waals surface area contributed by atoms with E-state index in [9.17, 15) is 23.1 Å². The van der Waals surface area contributed by atoms with Crippen LogP contribution in [0.25, 0.3) is 0 Å². The summed E-state index contributed by atoms with van der Waals surface area (Å²) < 4.78 is 46.5. The number of hydrogen-bond acceptors (Lipinski definition) is 4. The van der Waals surface area contributed by atoms with Gasteiger partial charge in [-0.15, -0.1) is 0 Å². The van der Waals surface area contributed by atoms with Crippen LogP contribution in [-0.2, 0) is 4.79 Å². The number of carbonyl (C=O) groups is 1. The highest BCUT2D eigenvalue weighted by molar-refractivity contribution is 5.93. The SMILES string of the molecule is Cc1ccccc1OCC(=O)N1N=C2CC[C@H](C)C[C@H]2[C@]1(O)C(F)(F)F. The topological polar surface area (TPSA) is 62.1 Å². The Labute approximate surface area is 149 Å². The molecule has 142 valence electrons. The number of ether oxygens (including phenoxy) is 1. The molecule has 1 fully saturated rings. The molecule has 0 saturated heterocycles. The third kappa shape index (κ3) is 3.06. The van der Waals surface area contributed by atoms with Crippen molar-refractivity contribution in [2.45, 2.75) is 45.0 Å². The zero-order valence-electron chi connectivity index (χ0n) is 14.6. The molecule has 0 unspecified atom stereocenters. The fourth-order valence-corrected chi connectivity index (χ4v) is 3.58. The molecule has 26 heavy (non-hydrogen) atoms. The molecule has 5 nitrogen and oxygen atoms in total. The van der Waals surface area contributed by atoms with Crippen LogP contribution in [0, 0.1) is 18.8 Å². The standard InChI is InChI=1S/C18H21F3N2O3/c1-11-7-8-14-13(9-11)17(25,18(19,20)21)23(22-14)16(24)10-26-15-6-4-3-5-12(15)2/h3-6,11,13,25H,7-10H2,1-2H3/t11-,13+,17-/m0/s1. The molecule has 3 rings (SSSR count). The summed E-state index contributed by atoms with van der Waals surface area (Å²) in [7, 11) is 0. The first-order valence-corrected chi connectivity index (χ1v) is 8.52. The molecule has 1 heterocycles. The van der Waals surface area contributed by atoms with Crippen molar-refractivity contribution < 1.29 is 27.8 Å². The van der Waals surface area contributed by atoms with Gasteiger partial charge in [-0.3, -0.25) is 4.79 Å².